The van der Waals surface area contributed by atoms with Gasteiger partial charge >= 0.3 is 0 Å². The third-order valence-electron chi connectivity index (χ3n) is 4.08. The van der Waals surface area contributed by atoms with E-state index in [0.717, 1.165) is 17.7 Å². The van der Waals surface area contributed by atoms with Crippen LogP contribution < -0.4 is 5.73 Å². The molecule has 1 unspecified atom stereocenters. The first kappa shape index (κ1) is 15.0. The number of carbonyl (C=O) groups excluding carboxylic acids is 1. The van der Waals surface area contributed by atoms with Crippen LogP contribution in [0.4, 0.5) is 0 Å². The molecule has 0 spiro atoms. The van der Waals surface area contributed by atoms with E-state index in [-0.39, 0.29) is 11.3 Å². The van der Waals surface area contributed by atoms with Gasteiger partial charge in [-0.3, -0.25) is 4.79 Å². The van der Waals surface area contributed by atoms with E-state index in [1.54, 1.807) is 0 Å². The quantitative estimate of drug-likeness (QED) is 0.871. The summed E-state index contributed by atoms with van der Waals surface area (Å²) in [6.07, 6.45) is 0.638. The second-order valence-corrected chi connectivity index (χ2v) is 7.00. The number of benzene rings is 1. The molecular weight excluding hydrogens is 268 g/mol. The van der Waals surface area contributed by atoms with Gasteiger partial charge in [-0.25, -0.2) is 0 Å². The Morgan fingerprint density at radius 1 is 1.40 bits per heavy atom. The standard InChI is InChI=1S/C16H22N2OS/c1-16(2,3)12-8-14(19)18(10-12)9-11-6-4-5-7-13(11)15(17)20/h4-7,12H,8-10H2,1-3H3,(H2,17,20). The third kappa shape index (κ3) is 3.18. The van der Waals surface area contributed by atoms with E-state index < -0.39 is 0 Å². The molecule has 0 aliphatic carbocycles. The summed E-state index contributed by atoms with van der Waals surface area (Å²) in [5.41, 5.74) is 7.81. The lowest BCUT2D eigenvalue weighted by molar-refractivity contribution is -0.128. The summed E-state index contributed by atoms with van der Waals surface area (Å²) in [7, 11) is 0. The molecule has 1 aromatic rings. The number of amides is 1. The zero-order valence-corrected chi connectivity index (χ0v) is 13.2. The number of hydrogen-bond acceptors (Lipinski definition) is 2. The van der Waals surface area contributed by atoms with E-state index >= 15 is 0 Å². The highest BCUT2D eigenvalue weighted by Crippen LogP contribution is 2.34. The number of nitrogens with two attached hydrogens (primary N) is 1. The number of hydrogen-bond donors (Lipinski definition) is 1. The summed E-state index contributed by atoms with van der Waals surface area (Å²) in [4.78, 5) is 14.5. The highest BCUT2D eigenvalue weighted by molar-refractivity contribution is 7.80. The summed E-state index contributed by atoms with van der Waals surface area (Å²) >= 11 is 5.08. The molecule has 3 nitrogen and oxygen atoms in total. The van der Waals surface area contributed by atoms with Crippen LogP contribution in [0.2, 0.25) is 0 Å². The van der Waals surface area contributed by atoms with Crippen molar-refractivity contribution in [3.05, 3.63) is 35.4 Å². The molecule has 1 fully saturated rings. The molecule has 0 bridgehead atoms. The first-order valence-electron chi connectivity index (χ1n) is 6.94. The monoisotopic (exact) mass is 290 g/mol. The molecule has 0 saturated carbocycles. The number of carbonyl (C=O) groups is 1. The van der Waals surface area contributed by atoms with Gasteiger partial charge in [-0.15, -0.1) is 0 Å². The molecule has 20 heavy (non-hydrogen) atoms. The van der Waals surface area contributed by atoms with Gasteiger partial charge in [0, 0.05) is 25.1 Å². The van der Waals surface area contributed by atoms with Gasteiger partial charge in [-0.05, 0) is 16.9 Å². The van der Waals surface area contributed by atoms with Gasteiger partial charge in [-0.1, -0.05) is 57.3 Å². The zero-order valence-electron chi connectivity index (χ0n) is 12.3. The Labute approximate surface area is 126 Å². The second-order valence-electron chi connectivity index (χ2n) is 6.56. The van der Waals surface area contributed by atoms with Gasteiger partial charge in [0.2, 0.25) is 5.91 Å². The Bertz CT molecular complexity index is 534. The molecule has 1 amide bonds. The van der Waals surface area contributed by atoms with E-state index in [9.17, 15) is 4.79 Å². The van der Waals surface area contributed by atoms with E-state index in [4.69, 9.17) is 18.0 Å². The van der Waals surface area contributed by atoms with Crippen LogP contribution in [0.1, 0.15) is 38.3 Å². The Kier molecular flexibility index (Phi) is 4.14. The largest absolute Gasteiger partial charge is 0.389 e. The van der Waals surface area contributed by atoms with E-state index in [2.05, 4.69) is 20.8 Å². The maximum Gasteiger partial charge on any atom is 0.223 e. The molecule has 4 heteroatoms. The number of thiocarbonyl (C=S) groups is 1. The third-order valence-corrected chi connectivity index (χ3v) is 4.30. The molecule has 1 atom stereocenters. The maximum atomic E-state index is 12.2. The minimum atomic E-state index is 0.160. The van der Waals surface area contributed by atoms with Gasteiger partial charge < -0.3 is 10.6 Å². The average Bonchev–Trinajstić information content (AvgIpc) is 2.71. The number of nitrogens with zero attached hydrogens (tertiary/aromatic N) is 1. The van der Waals surface area contributed by atoms with Crippen LogP contribution in [-0.4, -0.2) is 22.3 Å². The van der Waals surface area contributed by atoms with Crippen molar-refractivity contribution < 1.29 is 4.79 Å². The second kappa shape index (κ2) is 5.52. The van der Waals surface area contributed by atoms with Crippen LogP contribution in [0.3, 0.4) is 0 Å². The van der Waals surface area contributed by atoms with Crippen molar-refractivity contribution in [3.8, 4) is 0 Å². The molecule has 1 aromatic carbocycles. The highest BCUT2D eigenvalue weighted by atomic mass is 32.1. The number of likely N-dealkylation sites (tertiary alicyclic amines) is 1. The fourth-order valence-electron chi connectivity index (χ4n) is 2.61. The van der Waals surface area contributed by atoms with Crippen molar-refractivity contribution >= 4 is 23.1 Å². The summed E-state index contributed by atoms with van der Waals surface area (Å²) < 4.78 is 0. The molecule has 1 saturated heterocycles. The molecule has 108 valence electrons. The lowest BCUT2D eigenvalue weighted by Gasteiger charge is -2.26. The predicted octanol–water partition coefficient (Wildman–Crippen LogP) is 2.72. The summed E-state index contributed by atoms with van der Waals surface area (Å²) in [5.74, 6) is 0.634. The molecule has 1 aliphatic rings. The highest BCUT2D eigenvalue weighted by Gasteiger charge is 2.36. The van der Waals surface area contributed by atoms with Gasteiger partial charge in [0.25, 0.3) is 0 Å². The van der Waals surface area contributed by atoms with Crippen LogP contribution in [0.25, 0.3) is 0 Å². The SMILES string of the molecule is CC(C)(C)C1CC(=O)N(Cc2ccccc2C(N)=S)C1. The van der Waals surface area contributed by atoms with Crippen molar-refractivity contribution in [1.29, 1.82) is 0 Å². The topological polar surface area (TPSA) is 46.3 Å². The van der Waals surface area contributed by atoms with E-state index in [0.29, 0.717) is 23.9 Å². The van der Waals surface area contributed by atoms with E-state index in [1.807, 2.05) is 29.2 Å². The average molecular weight is 290 g/mol. The van der Waals surface area contributed by atoms with Crippen molar-refractivity contribution in [2.24, 2.45) is 17.1 Å². The van der Waals surface area contributed by atoms with Gasteiger partial charge in [0.15, 0.2) is 0 Å². The molecule has 0 aromatic heterocycles. The first-order chi connectivity index (χ1) is 9.29. The van der Waals surface area contributed by atoms with Crippen LogP contribution in [0, 0.1) is 11.3 Å². The maximum absolute atomic E-state index is 12.2. The van der Waals surface area contributed by atoms with Crippen molar-refractivity contribution in [3.63, 3.8) is 0 Å². The Balaban J connectivity index is 2.16. The molecule has 2 rings (SSSR count). The molecule has 1 heterocycles. The fraction of sp³-hybridized carbons (Fsp3) is 0.500. The minimum Gasteiger partial charge on any atom is -0.389 e. The van der Waals surface area contributed by atoms with Crippen molar-refractivity contribution in [1.82, 2.24) is 4.90 Å². The number of rotatable bonds is 3. The molecule has 2 N–H and O–H groups in total. The lowest BCUT2D eigenvalue weighted by Crippen LogP contribution is -2.28. The molecule has 1 aliphatic heterocycles. The van der Waals surface area contributed by atoms with Crippen LogP contribution in [0.5, 0.6) is 0 Å². The van der Waals surface area contributed by atoms with Crippen LogP contribution in [0.15, 0.2) is 24.3 Å². The van der Waals surface area contributed by atoms with Crippen molar-refractivity contribution in [2.45, 2.75) is 33.7 Å². The molecular formula is C16H22N2OS. The summed E-state index contributed by atoms with van der Waals surface area (Å²) in [6, 6.07) is 7.78. The normalized spacial score (nSPS) is 19.4. The minimum absolute atomic E-state index is 0.160. The first-order valence-corrected chi connectivity index (χ1v) is 7.35. The summed E-state index contributed by atoms with van der Waals surface area (Å²) in [6.45, 7) is 7.99. The Morgan fingerprint density at radius 2 is 2.05 bits per heavy atom. The smallest absolute Gasteiger partial charge is 0.223 e. The Morgan fingerprint density at radius 3 is 2.60 bits per heavy atom. The zero-order chi connectivity index (χ0) is 14.9. The molecule has 0 radical (unpaired) electrons. The Hall–Kier alpha value is -1.42. The predicted molar refractivity (Wildman–Crippen MR) is 85.3 cm³/mol. The summed E-state index contributed by atoms with van der Waals surface area (Å²) in [5, 5.41) is 0. The van der Waals surface area contributed by atoms with E-state index in [1.165, 1.54) is 0 Å². The van der Waals surface area contributed by atoms with Gasteiger partial charge in [0.1, 0.15) is 4.99 Å². The lowest BCUT2D eigenvalue weighted by atomic mass is 9.80. The van der Waals surface area contributed by atoms with Crippen molar-refractivity contribution in [2.75, 3.05) is 6.54 Å². The van der Waals surface area contributed by atoms with Crippen LogP contribution in [-0.2, 0) is 11.3 Å². The van der Waals surface area contributed by atoms with Gasteiger partial charge in [0.05, 0.1) is 0 Å². The fourth-order valence-corrected chi connectivity index (χ4v) is 2.81. The van der Waals surface area contributed by atoms with Crippen LogP contribution >= 0.6 is 12.2 Å². The van der Waals surface area contributed by atoms with Gasteiger partial charge in [-0.2, -0.15) is 0 Å².